The Morgan fingerprint density at radius 2 is 1.93 bits per heavy atom. The van der Waals surface area contributed by atoms with Crippen molar-refractivity contribution in [3.05, 3.63) is 29.8 Å². The zero-order valence-electron chi connectivity index (χ0n) is 16.7. The number of esters is 1. The number of carbonyl (C=O) groups is 1. The van der Waals surface area contributed by atoms with Crippen molar-refractivity contribution >= 4 is 16.0 Å². The van der Waals surface area contributed by atoms with E-state index in [2.05, 4.69) is 11.6 Å². The number of hydrogen-bond acceptors (Lipinski definition) is 5. The Balaban J connectivity index is 2.12. The van der Waals surface area contributed by atoms with Crippen molar-refractivity contribution < 1.29 is 17.9 Å². The molecule has 1 atom stereocenters. The minimum Gasteiger partial charge on any atom is -0.466 e. The van der Waals surface area contributed by atoms with Crippen molar-refractivity contribution in [1.82, 2.24) is 9.62 Å². The van der Waals surface area contributed by atoms with Gasteiger partial charge in [-0.1, -0.05) is 31.9 Å². The highest BCUT2D eigenvalue weighted by molar-refractivity contribution is 7.89. The second kappa shape index (κ2) is 9.66. The molecule has 1 aliphatic rings. The van der Waals surface area contributed by atoms with E-state index >= 15 is 0 Å². The number of ether oxygens (including phenoxy) is 1. The van der Waals surface area contributed by atoms with Crippen molar-refractivity contribution in [1.29, 1.82) is 0 Å². The van der Waals surface area contributed by atoms with E-state index in [-0.39, 0.29) is 23.9 Å². The van der Waals surface area contributed by atoms with Crippen molar-refractivity contribution in [3.8, 4) is 0 Å². The van der Waals surface area contributed by atoms with E-state index in [4.69, 9.17) is 4.74 Å². The van der Waals surface area contributed by atoms with Gasteiger partial charge in [-0.3, -0.25) is 4.79 Å². The summed E-state index contributed by atoms with van der Waals surface area (Å²) < 4.78 is 33.7. The quantitative estimate of drug-likeness (QED) is 0.486. The largest absolute Gasteiger partial charge is 0.466 e. The fourth-order valence-corrected chi connectivity index (χ4v) is 5.01. The number of aryl methyl sites for hydroxylation is 1. The van der Waals surface area contributed by atoms with Gasteiger partial charge in [-0.25, -0.2) is 13.1 Å². The Morgan fingerprint density at radius 3 is 2.48 bits per heavy atom. The van der Waals surface area contributed by atoms with E-state index in [9.17, 15) is 13.2 Å². The summed E-state index contributed by atoms with van der Waals surface area (Å²) in [6, 6.07) is 7.06. The lowest BCUT2D eigenvalue weighted by Crippen LogP contribution is -2.51. The molecule has 1 fully saturated rings. The molecule has 1 aromatic rings. The van der Waals surface area contributed by atoms with Gasteiger partial charge in [0.15, 0.2) is 0 Å². The van der Waals surface area contributed by atoms with Gasteiger partial charge in [0, 0.05) is 6.54 Å². The molecule has 1 unspecified atom stereocenters. The number of likely N-dealkylation sites (tertiary alicyclic amines) is 1. The summed E-state index contributed by atoms with van der Waals surface area (Å²) in [7, 11) is -1.79. The fourth-order valence-electron chi connectivity index (χ4n) is 3.59. The first-order valence-electron chi connectivity index (χ1n) is 9.77. The topological polar surface area (TPSA) is 75.7 Å². The molecule has 0 aromatic heterocycles. The third-order valence-electron chi connectivity index (χ3n) is 4.99. The van der Waals surface area contributed by atoms with Crippen LogP contribution in [0.25, 0.3) is 0 Å². The van der Waals surface area contributed by atoms with Crippen LogP contribution in [0.1, 0.15) is 51.5 Å². The zero-order chi connectivity index (χ0) is 19.9. The van der Waals surface area contributed by atoms with E-state index in [0.717, 1.165) is 31.4 Å². The Kier molecular flexibility index (Phi) is 7.82. The van der Waals surface area contributed by atoms with Crippen LogP contribution < -0.4 is 4.72 Å². The number of rotatable bonds is 10. The lowest BCUT2D eigenvalue weighted by molar-refractivity contribution is -0.144. The number of carbonyl (C=O) groups excluding carboxylic acids is 1. The molecule has 27 heavy (non-hydrogen) atoms. The SMILES string of the molecule is CCCCCc1ccc(S(=O)(=O)NC2(CC(=O)OCC)CCN(C)C2)cc1. The van der Waals surface area contributed by atoms with E-state index in [1.807, 2.05) is 24.1 Å². The summed E-state index contributed by atoms with van der Waals surface area (Å²) in [5.41, 5.74) is 0.323. The molecule has 2 rings (SSSR count). The minimum absolute atomic E-state index is 0.0412. The molecule has 0 aliphatic carbocycles. The van der Waals surface area contributed by atoms with Crippen LogP contribution in [0.2, 0.25) is 0 Å². The molecule has 1 N–H and O–H groups in total. The van der Waals surface area contributed by atoms with Gasteiger partial charge in [0.25, 0.3) is 0 Å². The van der Waals surface area contributed by atoms with Crippen molar-refractivity contribution in [2.24, 2.45) is 0 Å². The van der Waals surface area contributed by atoms with Crippen LogP contribution in [0.4, 0.5) is 0 Å². The monoisotopic (exact) mass is 396 g/mol. The first kappa shape index (κ1) is 21.9. The highest BCUT2D eigenvalue weighted by Crippen LogP contribution is 2.27. The van der Waals surface area contributed by atoms with Gasteiger partial charge in [-0.05, 0) is 57.5 Å². The molecule has 0 radical (unpaired) electrons. The van der Waals surface area contributed by atoms with Crippen LogP contribution in [0, 0.1) is 0 Å². The molecule has 1 heterocycles. The van der Waals surface area contributed by atoms with E-state index in [1.54, 1.807) is 19.1 Å². The second-order valence-corrected chi connectivity index (χ2v) is 9.14. The molecule has 7 heteroatoms. The van der Waals surface area contributed by atoms with Gasteiger partial charge in [-0.2, -0.15) is 0 Å². The zero-order valence-corrected chi connectivity index (χ0v) is 17.5. The summed E-state index contributed by atoms with van der Waals surface area (Å²) in [6.45, 7) is 5.42. The number of benzene rings is 1. The summed E-state index contributed by atoms with van der Waals surface area (Å²) in [5, 5.41) is 0. The van der Waals surface area contributed by atoms with Crippen LogP contribution in [0.3, 0.4) is 0 Å². The molecule has 0 amide bonds. The average molecular weight is 397 g/mol. The van der Waals surface area contributed by atoms with E-state index in [1.165, 1.54) is 6.42 Å². The Morgan fingerprint density at radius 1 is 1.22 bits per heavy atom. The molecule has 1 aliphatic heterocycles. The van der Waals surface area contributed by atoms with Crippen molar-refractivity contribution in [2.75, 3.05) is 26.7 Å². The number of likely N-dealkylation sites (N-methyl/N-ethyl adjacent to an activating group) is 1. The third kappa shape index (κ3) is 6.30. The first-order valence-corrected chi connectivity index (χ1v) is 11.3. The fraction of sp³-hybridized carbons (Fsp3) is 0.650. The molecule has 1 aromatic carbocycles. The van der Waals surface area contributed by atoms with Gasteiger partial charge in [0.2, 0.25) is 10.0 Å². The van der Waals surface area contributed by atoms with Crippen LogP contribution in [0.15, 0.2) is 29.2 Å². The third-order valence-corrected chi connectivity index (χ3v) is 6.58. The highest BCUT2D eigenvalue weighted by Gasteiger charge is 2.42. The molecule has 1 saturated heterocycles. The summed E-state index contributed by atoms with van der Waals surface area (Å²) in [5.74, 6) is -0.373. The standard InChI is InChI=1S/C20H32N2O4S/c1-4-6-7-8-17-9-11-18(12-10-17)27(24,25)21-20(13-14-22(3)16-20)15-19(23)26-5-2/h9-12,21H,4-8,13-16H2,1-3H3. The predicted octanol–water partition coefficient (Wildman–Crippen LogP) is 2.73. The van der Waals surface area contributed by atoms with Crippen LogP contribution in [-0.2, 0) is 26.0 Å². The summed E-state index contributed by atoms with van der Waals surface area (Å²) in [6.07, 6.45) is 5.02. The molecule has 0 bridgehead atoms. The van der Waals surface area contributed by atoms with Crippen LogP contribution in [0.5, 0.6) is 0 Å². The second-order valence-electron chi connectivity index (χ2n) is 7.46. The maximum absolute atomic E-state index is 12.9. The number of unbranched alkanes of at least 4 members (excludes halogenated alkanes) is 2. The first-order chi connectivity index (χ1) is 12.8. The molecule has 0 saturated carbocycles. The van der Waals surface area contributed by atoms with Crippen LogP contribution in [-0.4, -0.2) is 51.6 Å². The van der Waals surface area contributed by atoms with Gasteiger partial charge in [0.05, 0.1) is 23.5 Å². The van der Waals surface area contributed by atoms with Crippen LogP contribution >= 0.6 is 0 Å². The smallest absolute Gasteiger partial charge is 0.307 e. The van der Waals surface area contributed by atoms with Crippen molar-refractivity contribution in [3.63, 3.8) is 0 Å². The highest BCUT2D eigenvalue weighted by atomic mass is 32.2. The number of hydrogen-bond donors (Lipinski definition) is 1. The number of sulfonamides is 1. The average Bonchev–Trinajstić information content (AvgIpc) is 2.95. The maximum atomic E-state index is 12.9. The lowest BCUT2D eigenvalue weighted by atomic mass is 9.96. The molecular weight excluding hydrogens is 364 g/mol. The van der Waals surface area contributed by atoms with Crippen molar-refractivity contribution in [2.45, 2.75) is 62.8 Å². The lowest BCUT2D eigenvalue weighted by Gasteiger charge is -2.29. The van der Waals surface area contributed by atoms with E-state index < -0.39 is 15.6 Å². The molecular formula is C20H32N2O4S. The summed E-state index contributed by atoms with van der Waals surface area (Å²) in [4.78, 5) is 14.3. The van der Waals surface area contributed by atoms with Gasteiger partial charge < -0.3 is 9.64 Å². The summed E-state index contributed by atoms with van der Waals surface area (Å²) >= 11 is 0. The Labute approximate surface area is 163 Å². The van der Waals surface area contributed by atoms with E-state index in [0.29, 0.717) is 13.0 Å². The predicted molar refractivity (Wildman–Crippen MR) is 106 cm³/mol. The minimum atomic E-state index is -3.71. The molecule has 0 spiro atoms. The number of nitrogens with one attached hydrogen (secondary N) is 1. The van der Waals surface area contributed by atoms with Gasteiger partial charge in [-0.15, -0.1) is 0 Å². The normalized spacial score (nSPS) is 20.7. The maximum Gasteiger partial charge on any atom is 0.307 e. The van der Waals surface area contributed by atoms with Gasteiger partial charge >= 0.3 is 5.97 Å². The molecule has 6 nitrogen and oxygen atoms in total. The Bertz CT molecular complexity index is 718. The molecule has 152 valence electrons. The Hall–Kier alpha value is -1.44. The van der Waals surface area contributed by atoms with Gasteiger partial charge in [0.1, 0.15) is 0 Å². The number of nitrogens with zero attached hydrogens (tertiary/aromatic N) is 1.